The normalized spacial score (nSPS) is 9.43. The first-order chi connectivity index (χ1) is 6.79. The number of thioether (sulfide) groups is 1. The van der Waals surface area contributed by atoms with Crippen molar-refractivity contribution in [2.75, 3.05) is 5.75 Å². The van der Waals surface area contributed by atoms with Crippen LogP contribution in [-0.4, -0.2) is 17.0 Å². The Bertz CT molecular complexity index is 365. The van der Waals surface area contributed by atoms with E-state index in [1.165, 1.54) is 17.3 Å². The maximum atomic E-state index is 10.4. The summed E-state index contributed by atoms with van der Waals surface area (Å²) in [6.07, 6.45) is 0. The van der Waals surface area contributed by atoms with E-state index in [1.54, 1.807) is 24.3 Å². The van der Waals surface area contributed by atoms with Crippen LogP contribution in [0.5, 0.6) is 0 Å². The molecule has 0 bridgehead atoms. The standard InChI is InChI=1S/C9H9N3OS/c10-6-14-5-8(11)7-3-1-2-4-9(7)12-13/h1-4,6,10-11H,5H2. The van der Waals surface area contributed by atoms with Gasteiger partial charge in [-0.15, -0.1) is 16.7 Å². The first-order valence-electron chi connectivity index (χ1n) is 3.90. The largest absolute Gasteiger partial charge is 0.304 e. The molecule has 5 heteroatoms. The molecular weight excluding hydrogens is 198 g/mol. The van der Waals surface area contributed by atoms with E-state index < -0.39 is 0 Å². The highest BCUT2D eigenvalue weighted by atomic mass is 32.2. The van der Waals surface area contributed by atoms with E-state index in [2.05, 4.69) is 5.18 Å². The summed E-state index contributed by atoms with van der Waals surface area (Å²) in [6.45, 7) is 0. The molecule has 0 aliphatic rings. The summed E-state index contributed by atoms with van der Waals surface area (Å²) in [5.41, 5.74) is 2.31. The molecule has 0 saturated heterocycles. The van der Waals surface area contributed by atoms with Gasteiger partial charge >= 0.3 is 0 Å². The number of nitrogens with one attached hydrogen (secondary N) is 2. The zero-order chi connectivity index (χ0) is 10.4. The van der Waals surface area contributed by atoms with Gasteiger partial charge in [0.2, 0.25) is 0 Å². The van der Waals surface area contributed by atoms with E-state index in [-0.39, 0.29) is 5.69 Å². The first-order valence-corrected chi connectivity index (χ1v) is 4.95. The highest BCUT2D eigenvalue weighted by Gasteiger charge is 2.06. The van der Waals surface area contributed by atoms with Gasteiger partial charge in [-0.3, -0.25) is 0 Å². The lowest BCUT2D eigenvalue weighted by Gasteiger charge is -2.02. The van der Waals surface area contributed by atoms with Crippen molar-refractivity contribution in [2.24, 2.45) is 5.18 Å². The molecule has 0 fully saturated rings. The molecule has 0 amide bonds. The number of nitrogens with zero attached hydrogens (tertiary/aromatic N) is 1. The van der Waals surface area contributed by atoms with Crippen LogP contribution in [0.1, 0.15) is 5.56 Å². The van der Waals surface area contributed by atoms with Crippen LogP contribution in [0.25, 0.3) is 0 Å². The number of benzene rings is 1. The fourth-order valence-corrected chi connectivity index (χ4v) is 1.42. The molecule has 72 valence electrons. The molecule has 4 nitrogen and oxygen atoms in total. The van der Waals surface area contributed by atoms with Crippen molar-refractivity contribution in [2.45, 2.75) is 0 Å². The van der Waals surface area contributed by atoms with Crippen molar-refractivity contribution in [1.82, 2.24) is 0 Å². The van der Waals surface area contributed by atoms with Crippen LogP contribution in [-0.2, 0) is 0 Å². The highest BCUT2D eigenvalue weighted by Crippen LogP contribution is 2.19. The van der Waals surface area contributed by atoms with Crippen molar-refractivity contribution in [3.05, 3.63) is 34.7 Å². The van der Waals surface area contributed by atoms with Gasteiger partial charge in [-0.1, -0.05) is 18.2 Å². The number of nitroso groups, excluding NO2 is 1. The summed E-state index contributed by atoms with van der Waals surface area (Å²) >= 11 is 1.20. The summed E-state index contributed by atoms with van der Waals surface area (Å²) < 4.78 is 0. The van der Waals surface area contributed by atoms with Crippen LogP contribution in [0.15, 0.2) is 29.4 Å². The van der Waals surface area contributed by atoms with E-state index in [0.717, 1.165) is 0 Å². The Hall–Kier alpha value is -1.49. The minimum absolute atomic E-state index is 0.281. The Kier molecular flexibility index (Phi) is 4.00. The van der Waals surface area contributed by atoms with Crippen LogP contribution in [0, 0.1) is 15.7 Å². The Morgan fingerprint density at radius 3 is 2.86 bits per heavy atom. The van der Waals surface area contributed by atoms with Crippen molar-refractivity contribution < 1.29 is 0 Å². The monoisotopic (exact) mass is 207 g/mol. The van der Waals surface area contributed by atoms with E-state index >= 15 is 0 Å². The van der Waals surface area contributed by atoms with Crippen LogP contribution in [0.3, 0.4) is 0 Å². The van der Waals surface area contributed by atoms with Crippen LogP contribution in [0.4, 0.5) is 5.69 Å². The second-order valence-corrected chi connectivity index (χ2v) is 3.37. The first kappa shape index (κ1) is 10.6. The second-order valence-electron chi connectivity index (χ2n) is 2.52. The van der Waals surface area contributed by atoms with Gasteiger partial charge in [0.25, 0.3) is 0 Å². The van der Waals surface area contributed by atoms with Gasteiger partial charge in [-0.25, -0.2) is 0 Å². The van der Waals surface area contributed by atoms with Gasteiger partial charge in [-0.05, 0) is 11.2 Å². The Morgan fingerprint density at radius 1 is 1.50 bits per heavy atom. The van der Waals surface area contributed by atoms with E-state index in [0.29, 0.717) is 17.0 Å². The molecule has 0 radical (unpaired) electrons. The SMILES string of the molecule is N=CSCC(=N)c1ccccc1N=O. The van der Waals surface area contributed by atoms with Gasteiger partial charge in [0.1, 0.15) is 5.69 Å². The molecule has 1 aromatic carbocycles. The molecule has 0 atom stereocenters. The molecule has 1 rings (SSSR count). The van der Waals surface area contributed by atoms with Crippen molar-refractivity contribution in [1.29, 1.82) is 10.8 Å². The lowest BCUT2D eigenvalue weighted by Crippen LogP contribution is -2.02. The Balaban J connectivity index is 2.88. The zero-order valence-electron chi connectivity index (χ0n) is 7.36. The van der Waals surface area contributed by atoms with E-state index in [9.17, 15) is 4.91 Å². The fraction of sp³-hybridized carbons (Fsp3) is 0.111. The fourth-order valence-electron chi connectivity index (χ4n) is 1.01. The number of hydrogen-bond donors (Lipinski definition) is 2. The molecular formula is C9H9N3OS. The average molecular weight is 207 g/mol. The van der Waals surface area contributed by atoms with E-state index in [4.69, 9.17) is 10.8 Å². The predicted octanol–water partition coefficient (Wildman–Crippen LogP) is 2.79. The molecule has 0 saturated carbocycles. The molecule has 0 unspecified atom stereocenters. The zero-order valence-corrected chi connectivity index (χ0v) is 8.17. The molecule has 0 aliphatic carbocycles. The van der Waals surface area contributed by atoms with E-state index in [1.807, 2.05) is 0 Å². The summed E-state index contributed by atoms with van der Waals surface area (Å²) in [5, 5.41) is 17.3. The third-order valence-corrected chi connectivity index (χ3v) is 2.26. The number of rotatable bonds is 5. The quantitative estimate of drug-likeness (QED) is 0.442. The van der Waals surface area contributed by atoms with Crippen LogP contribution < -0.4 is 0 Å². The number of hydrogen-bond acceptors (Lipinski definition) is 5. The Morgan fingerprint density at radius 2 is 2.21 bits per heavy atom. The highest BCUT2D eigenvalue weighted by molar-refractivity contribution is 8.12. The third-order valence-electron chi connectivity index (χ3n) is 1.64. The summed E-state index contributed by atoms with van der Waals surface area (Å²) in [6, 6.07) is 6.72. The summed E-state index contributed by atoms with van der Waals surface area (Å²) in [5.74, 6) is 0.385. The minimum atomic E-state index is 0.281. The van der Waals surface area contributed by atoms with Crippen LogP contribution >= 0.6 is 11.8 Å². The molecule has 0 heterocycles. The lowest BCUT2D eigenvalue weighted by atomic mass is 10.1. The van der Waals surface area contributed by atoms with Crippen molar-refractivity contribution in [3.63, 3.8) is 0 Å². The molecule has 2 N–H and O–H groups in total. The van der Waals surface area contributed by atoms with Gasteiger partial charge < -0.3 is 10.8 Å². The average Bonchev–Trinajstić information content (AvgIpc) is 2.25. The van der Waals surface area contributed by atoms with Gasteiger partial charge in [0.05, 0.1) is 11.3 Å². The minimum Gasteiger partial charge on any atom is -0.304 e. The summed E-state index contributed by atoms with van der Waals surface area (Å²) in [7, 11) is 0. The second kappa shape index (κ2) is 5.29. The molecule has 1 aromatic rings. The summed E-state index contributed by atoms with van der Waals surface area (Å²) in [4.78, 5) is 10.4. The third kappa shape index (κ3) is 2.50. The lowest BCUT2D eigenvalue weighted by molar-refractivity contribution is 1.42. The smallest absolute Gasteiger partial charge is 0.117 e. The molecule has 14 heavy (non-hydrogen) atoms. The predicted molar refractivity (Wildman–Crippen MR) is 60.0 cm³/mol. The van der Waals surface area contributed by atoms with Crippen molar-refractivity contribution in [3.8, 4) is 0 Å². The maximum absolute atomic E-state index is 10.4. The molecule has 0 aromatic heterocycles. The van der Waals surface area contributed by atoms with Crippen molar-refractivity contribution >= 4 is 28.7 Å². The van der Waals surface area contributed by atoms with Gasteiger partial charge in [0.15, 0.2) is 0 Å². The van der Waals surface area contributed by atoms with Gasteiger partial charge in [0, 0.05) is 11.3 Å². The molecule has 0 spiro atoms. The molecule has 0 aliphatic heterocycles. The maximum Gasteiger partial charge on any atom is 0.117 e. The van der Waals surface area contributed by atoms with Gasteiger partial charge in [-0.2, -0.15) is 0 Å². The topological polar surface area (TPSA) is 77.1 Å². The van der Waals surface area contributed by atoms with Crippen LogP contribution in [0.2, 0.25) is 0 Å². The Labute approximate surface area is 85.7 Å².